The van der Waals surface area contributed by atoms with Crippen LogP contribution in [0, 0.1) is 5.92 Å². The van der Waals surface area contributed by atoms with Gasteiger partial charge in [-0.05, 0) is 12.3 Å². The molecule has 0 bridgehead atoms. The third kappa shape index (κ3) is 2.11. The Hall–Kier alpha value is 0.210. The van der Waals surface area contributed by atoms with E-state index in [1.165, 1.54) is 6.42 Å². The number of hydrogen-bond acceptors (Lipinski definition) is 0. The van der Waals surface area contributed by atoms with E-state index in [2.05, 4.69) is 60.7 Å². The Kier molecular flexibility index (Phi) is 2.55. The molecular weight excluding hydrogens is 235 g/mol. The van der Waals surface area contributed by atoms with Gasteiger partial charge in [0.15, 0.2) is 0 Å². The van der Waals surface area contributed by atoms with E-state index in [0.29, 0.717) is 3.42 Å². The van der Waals surface area contributed by atoms with Crippen LogP contribution in [0.5, 0.6) is 0 Å². The van der Waals surface area contributed by atoms with Gasteiger partial charge in [-0.25, -0.2) is 0 Å². The predicted octanol–water partition coefficient (Wildman–Crippen LogP) is 3.33. The van der Waals surface area contributed by atoms with Gasteiger partial charge >= 0.3 is 0 Å². The standard InChI is InChI=1S/C9H13I/c1-9(2,10)8-6-4-3-5-7-8/h3-6,8H,7H2,1-2H3. The first-order valence-corrected chi connectivity index (χ1v) is 4.71. The third-order valence-electron chi connectivity index (χ3n) is 1.86. The Labute approximate surface area is 76.5 Å². The molecule has 0 aromatic carbocycles. The van der Waals surface area contributed by atoms with Gasteiger partial charge in [-0.2, -0.15) is 0 Å². The summed E-state index contributed by atoms with van der Waals surface area (Å²) in [7, 11) is 0. The molecular formula is C9H13I. The lowest BCUT2D eigenvalue weighted by molar-refractivity contribution is 0.537. The fraction of sp³-hybridized carbons (Fsp3) is 0.556. The Morgan fingerprint density at radius 1 is 1.40 bits per heavy atom. The fourth-order valence-electron chi connectivity index (χ4n) is 1.09. The van der Waals surface area contributed by atoms with Crippen LogP contribution in [0.15, 0.2) is 24.3 Å². The second-order valence-corrected chi connectivity index (χ2v) is 6.00. The second kappa shape index (κ2) is 3.07. The van der Waals surface area contributed by atoms with Gasteiger partial charge in [0.25, 0.3) is 0 Å². The highest BCUT2D eigenvalue weighted by atomic mass is 127. The molecule has 0 saturated carbocycles. The minimum atomic E-state index is 0.402. The monoisotopic (exact) mass is 248 g/mol. The molecule has 1 aliphatic rings. The van der Waals surface area contributed by atoms with Gasteiger partial charge in [-0.1, -0.05) is 60.7 Å². The lowest BCUT2D eigenvalue weighted by atomic mass is 9.90. The number of allylic oxidation sites excluding steroid dienone is 4. The number of rotatable bonds is 1. The minimum Gasteiger partial charge on any atom is -0.0839 e. The smallest absolute Gasteiger partial charge is 0.0231 e. The van der Waals surface area contributed by atoms with Crippen LogP contribution >= 0.6 is 22.6 Å². The fourth-order valence-corrected chi connectivity index (χ4v) is 1.55. The van der Waals surface area contributed by atoms with Crippen LogP contribution in [-0.4, -0.2) is 3.42 Å². The first-order valence-electron chi connectivity index (χ1n) is 3.63. The second-order valence-electron chi connectivity index (χ2n) is 3.22. The lowest BCUT2D eigenvalue weighted by Crippen LogP contribution is -2.22. The maximum atomic E-state index is 2.51. The first-order chi connectivity index (χ1) is 4.61. The van der Waals surface area contributed by atoms with E-state index in [1.54, 1.807) is 0 Å². The summed E-state index contributed by atoms with van der Waals surface area (Å²) < 4.78 is 0.402. The molecule has 0 aromatic heterocycles. The largest absolute Gasteiger partial charge is 0.0839 e. The molecule has 56 valence electrons. The molecule has 0 saturated heterocycles. The molecule has 1 heteroatoms. The number of halogens is 1. The van der Waals surface area contributed by atoms with Crippen molar-refractivity contribution in [1.82, 2.24) is 0 Å². The highest BCUT2D eigenvalue weighted by Gasteiger charge is 2.23. The molecule has 1 unspecified atom stereocenters. The van der Waals surface area contributed by atoms with Crippen LogP contribution in [-0.2, 0) is 0 Å². The van der Waals surface area contributed by atoms with Crippen LogP contribution in [0.4, 0.5) is 0 Å². The highest BCUT2D eigenvalue weighted by Crippen LogP contribution is 2.32. The first kappa shape index (κ1) is 8.31. The zero-order chi connectivity index (χ0) is 7.61. The summed E-state index contributed by atoms with van der Waals surface area (Å²) >= 11 is 2.51. The van der Waals surface area contributed by atoms with Crippen LogP contribution < -0.4 is 0 Å². The van der Waals surface area contributed by atoms with Crippen LogP contribution in [0.3, 0.4) is 0 Å². The molecule has 0 amide bonds. The molecule has 0 aromatic rings. The number of alkyl halides is 1. The van der Waals surface area contributed by atoms with Crippen molar-refractivity contribution in [2.45, 2.75) is 23.7 Å². The van der Waals surface area contributed by atoms with Gasteiger partial charge in [0, 0.05) is 3.42 Å². The van der Waals surface area contributed by atoms with Crippen LogP contribution in [0.25, 0.3) is 0 Å². The Morgan fingerprint density at radius 2 is 2.10 bits per heavy atom. The van der Waals surface area contributed by atoms with Crippen molar-refractivity contribution in [3.05, 3.63) is 24.3 Å². The highest BCUT2D eigenvalue weighted by molar-refractivity contribution is 14.1. The van der Waals surface area contributed by atoms with E-state index in [1.807, 2.05) is 0 Å². The normalized spacial score (nSPS) is 25.3. The van der Waals surface area contributed by atoms with E-state index in [9.17, 15) is 0 Å². The molecule has 0 aliphatic heterocycles. The van der Waals surface area contributed by atoms with E-state index in [-0.39, 0.29) is 0 Å². The van der Waals surface area contributed by atoms with Gasteiger partial charge in [-0.3, -0.25) is 0 Å². The maximum absolute atomic E-state index is 2.51. The third-order valence-corrected chi connectivity index (χ3v) is 2.66. The van der Waals surface area contributed by atoms with Gasteiger partial charge in [-0.15, -0.1) is 0 Å². The average molecular weight is 248 g/mol. The average Bonchev–Trinajstić information content (AvgIpc) is 1.88. The number of hydrogen-bond donors (Lipinski definition) is 0. The molecule has 1 aliphatic carbocycles. The Bertz CT molecular complexity index is 160. The van der Waals surface area contributed by atoms with Crippen molar-refractivity contribution in [1.29, 1.82) is 0 Å². The van der Waals surface area contributed by atoms with Crippen LogP contribution in [0.1, 0.15) is 20.3 Å². The van der Waals surface area contributed by atoms with Crippen molar-refractivity contribution in [2.24, 2.45) is 5.92 Å². The topological polar surface area (TPSA) is 0 Å². The molecule has 1 atom stereocenters. The molecule has 1 rings (SSSR count). The van der Waals surface area contributed by atoms with E-state index < -0.39 is 0 Å². The summed E-state index contributed by atoms with van der Waals surface area (Å²) in [4.78, 5) is 0. The molecule has 0 fully saturated rings. The molecule has 10 heavy (non-hydrogen) atoms. The predicted molar refractivity (Wildman–Crippen MR) is 54.5 cm³/mol. The summed E-state index contributed by atoms with van der Waals surface area (Å²) in [6.07, 6.45) is 10.0. The van der Waals surface area contributed by atoms with E-state index in [0.717, 1.165) is 5.92 Å². The van der Waals surface area contributed by atoms with Crippen molar-refractivity contribution < 1.29 is 0 Å². The molecule has 0 nitrogen and oxygen atoms in total. The van der Waals surface area contributed by atoms with Crippen molar-refractivity contribution >= 4 is 22.6 Å². The molecule has 0 spiro atoms. The van der Waals surface area contributed by atoms with Gasteiger partial charge < -0.3 is 0 Å². The van der Waals surface area contributed by atoms with Gasteiger partial charge in [0.1, 0.15) is 0 Å². The maximum Gasteiger partial charge on any atom is 0.0231 e. The molecule has 0 radical (unpaired) electrons. The zero-order valence-corrected chi connectivity index (χ0v) is 8.63. The Balaban J connectivity index is 2.60. The zero-order valence-electron chi connectivity index (χ0n) is 6.47. The summed E-state index contributed by atoms with van der Waals surface area (Å²) in [5.74, 6) is 0.720. The Morgan fingerprint density at radius 3 is 2.40 bits per heavy atom. The molecule has 0 heterocycles. The quantitative estimate of drug-likeness (QED) is 0.493. The van der Waals surface area contributed by atoms with Crippen LogP contribution in [0.2, 0.25) is 0 Å². The molecule has 0 N–H and O–H groups in total. The summed E-state index contributed by atoms with van der Waals surface area (Å²) in [5, 5.41) is 0. The lowest BCUT2D eigenvalue weighted by Gasteiger charge is -2.26. The summed E-state index contributed by atoms with van der Waals surface area (Å²) in [6, 6.07) is 0. The van der Waals surface area contributed by atoms with E-state index >= 15 is 0 Å². The van der Waals surface area contributed by atoms with E-state index in [4.69, 9.17) is 0 Å². The summed E-state index contributed by atoms with van der Waals surface area (Å²) in [6.45, 7) is 4.56. The van der Waals surface area contributed by atoms with Gasteiger partial charge in [0.2, 0.25) is 0 Å². The summed E-state index contributed by atoms with van der Waals surface area (Å²) in [5.41, 5.74) is 0. The van der Waals surface area contributed by atoms with Crippen molar-refractivity contribution in [3.8, 4) is 0 Å². The SMILES string of the molecule is CC(C)(I)C1C=CC=CC1. The van der Waals surface area contributed by atoms with Crippen molar-refractivity contribution in [3.63, 3.8) is 0 Å². The van der Waals surface area contributed by atoms with Gasteiger partial charge in [0.05, 0.1) is 0 Å². The van der Waals surface area contributed by atoms with Crippen molar-refractivity contribution in [2.75, 3.05) is 0 Å². The minimum absolute atomic E-state index is 0.402.